The zero-order chi connectivity index (χ0) is 21.8. The molecule has 10 heteroatoms. The van der Waals surface area contributed by atoms with Crippen molar-refractivity contribution in [2.75, 3.05) is 0 Å². The van der Waals surface area contributed by atoms with Gasteiger partial charge < -0.3 is 10.1 Å². The molecule has 0 saturated heterocycles. The fourth-order valence-corrected chi connectivity index (χ4v) is 2.99. The lowest BCUT2D eigenvalue weighted by molar-refractivity contribution is -0.121. The normalized spacial score (nSPS) is 10.7. The molecule has 10 nitrogen and oxygen atoms in total. The standard InChI is InChI=1S/C21H18N6O4/c28-16-9-5-4-8-14(16)21(31)26-25-18(29)11-10-17-23-19-15(20(30)24-17)12-22-27(19)13-6-2-1-3-7-13/h1-9,12,28H,10-11H2,(H,25,29)(H,26,31)(H,23,24,30). The lowest BCUT2D eigenvalue weighted by atomic mass is 10.2. The highest BCUT2D eigenvalue weighted by molar-refractivity contribution is 5.97. The Hall–Kier alpha value is -4.47. The Balaban J connectivity index is 1.43. The highest BCUT2D eigenvalue weighted by Gasteiger charge is 2.14. The van der Waals surface area contributed by atoms with Gasteiger partial charge in [0, 0.05) is 12.8 Å². The maximum atomic E-state index is 12.4. The van der Waals surface area contributed by atoms with Crippen LogP contribution in [0.2, 0.25) is 0 Å². The van der Waals surface area contributed by atoms with Crippen molar-refractivity contribution < 1.29 is 14.7 Å². The van der Waals surface area contributed by atoms with E-state index in [1.54, 1.807) is 16.8 Å². The molecule has 0 fully saturated rings. The molecule has 0 bridgehead atoms. The van der Waals surface area contributed by atoms with Crippen molar-refractivity contribution >= 4 is 22.8 Å². The number of carbonyl (C=O) groups is 2. The van der Waals surface area contributed by atoms with E-state index in [1.807, 2.05) is 30.3 Å². The number of aryl methyl sites for hydroxylation is 1. The molecule has 4 N–H and O–H groups in total. The average Bonchev–Trinajstić information content (AvgIpc) is 3.21. The number of fused-ring (bicyclic) bond motifs is 1. The number of phenolic OH excluding ortho intramolecular Hbond substituents is 1. The van der Waals surface area contributed by atoms with E-state index in [0.717, 1.165) is 5.69 Å². The molecule has 2 heterocycles. The van der Waals surface area contributed by atoms with Gasteiger partial charge >= 0.3 is 0 Å². The maximum Gasteiger partial charge on any atom is 0.273 e. The summed E-state index contributed by atoms with van der Waals surface area (Å²) >= 11 is 0. The molecule has 0 aliphatic carbocycles. The Morgan fingerprint density at radius 3 is 2.55 bits per heavy atom. The molecular formula is C21H18N6O4. The Bertz CT molecular complexity index is 1310. The number of aromatic nitrogens is 4. The van der Waals surface area contributed by atoms with E-state index in [4.69, 9.17) is 0 Å². The summed E-state index contributed by atoms with van der Waals surface area (Å²) in [6.07, 6.45) is 1.55. The van der Waals surface area contributed by atoms with Crippen LogP contribution in [-0.4, -0.2) is 36.7 Å². The molecular weight excluding hydrogens is 400 g/mol. The Morgan fingerprint density at radius 2 is 1.77 bits per heavy atom. The third-order valence-corrected chi connectivity index (χ3v) is 4.54. The van der Waals surface area contributed by atoms with Gasteiger partial charge in [0.1, 0.15) is 17.0 Å². The quantitative estimate of drug-likeness (QED) is 0.359. The van der Waals surface area contributed by atoms with Gasteiger partial charge in [-0.1, -0.05) is 30.3 Å². The smallest absolute Gasteiger partial charge is 0.273 e. The molecule has 156 valence electrons. The van der Waals surface area contributed by atoms with Crippen LogP contribution in [0.25, 0.3) is 16.7 Å². The summed E-state index contributed by atoms with van der Waals surface area (Å²) in [6, 6.07) is 15.2. The second-order valence-electron chi connectivity index (χ2n) is 6.66. The van der Waals surface area contributed by atoms with Crippen molar-refractivity contribution in [3.63, 3.8) is 0 Å². The third-order valence-electron chi connectivity index (χ3n) is 4.54. The summed E-state index contributed by atoms with van der Waals surface area (Å²) in [5.74, 6) is -1.01. The number of nitrogens with one attached hydrogen (secondary N) is 3. The van der Waals surface area contributed by atoms with Gasteiger partial charge in [0.25, 0.3) is 11.5 Å². The number of carbonyl (C=O) groups excluding carboxylic acids is 2. The Morgan fingerprint density at radius 1 is 1.03 bits per heavy atom. The van der Waals surface area contributed by atoms with Crippen LogP contribution in [-0.2, 0) is 11.2 Å². The number of nitrogens with zero attached hydrogens (tertiary/aromatic N) is 3. The number of amides is 2. The zero-order valence-electron chi connectivity index (χ0n) is 16.2. The average molecular weight is 418 g/mol. The highest BCUT2D eigenvalue weighted by Crippen LogP contribution is 2.15. The molecule has 0 radical (unpaired) electrons. The predicted octanol–water partition coefficient (Wildman–Crippen LogP) is 1.21. The van der Waals surface area contributed by atoms with Crippen LogP contribution in [0.15, 0.2) is 65.6 Å². The number of hydrazine groups is 1. The number of aromatic hydroxyl groups is 1. The van der Waals surface area contributed by atoms with E-state index in [1.165, 1.54) is 18.3 Å². The molecule has 4 aromatic rings. The summed E-state index contributed by atoms with van der Waals surface area (Å²) < 4.78 is 1.56. The minimum atomic E-state index is -0.647. The summed E-state index contributed by atoms with van der Waals surface area (Å²) in [5.41, 5.74) is 5.34. The molecule has 0 atom stereocenters. The molecule has 0 saturated carbocycles. The van der Waals surface area contributed by atoms with E-state index >= 15 is 0 Å². The van der Waals surface area contributed by atoms with Gasteiger partial charge in [-0.3, -0.25) is 25.2 Å². The van der Waals surface area contributed by atoms with Crippen molar-refractivity contribution in [1.29, 1.82) is 0 Å². The summed E-state index contributed by atoms with van der Waals surface area (Å²) in [4.78, 5) is 43.6. The van der Waals surface area contributed by atoms with Crippen LogP contribution in [0.3, 0.4) is 0 Å². The van der Waals surface area contributed by atoms with E-state index in [-0.39, 0.29) is 29.7 Å². The number of para-hydroxylation sites is 2. The van der Waals surface area contributed by atoms with Crippen LogP contribution in [0.1, 0.15) is 22.6 Å². The SMILES string of the molecule is O=C(CCc1nc2c(cnn2-c2ccccc2)c(=O)[nH]1)NNC(=O)c1ccccc1O. The molecule has 0 unspecified atom stereocenters. The van der Waals surface area contributed by atoms with E-state index in [2.05, 4.69) is 25.9 Å². The zero-order valence-corrected chi connectivity index (χ0v) is 16.2. The molecule has 2 aromatic heterocycles. The lowest BCUT2D eigenvalue weighted by Gasteiger charge is -2.08. The van der Waals surface area contributed by atoms with Crippen LogP contribution in [0, 0.1) is 0 Å². The van der Waals surface area contributed by atoms with Gasteiger partial charge in [0.15, 0.2) is 5.65 Å². The van der Waals surface area contributed by atoms with Gasteiger partial charge in [-0.25, -0.2) is 9.67 Å². The van der Waals surface area contributed by atoms with Gasteiger partial charge in [0.05, 0.1) is 17.4 Å². The van der Waals surface area contributed by atoms with Crippen molar-refractivity contribution in [2.24, 2.45) is 0 Å². The first-order valence-electron chi connectivity index (χ1n) is 9.42. The summed E-state index contributed by atoms with van der Waals surface area (Å²) in [5, 5.41) is 14.2. The van der Waals surface area contributed by atoms with Gasteiger partial charge in [-0.15, -0.1) is 0 Å². The number of H-pyrrole nitrogens is 1. The van der Waals surface area contributed by atoms with Crippen LogP contribution in [0.4, 0.5) is 0 Å². The summed E-state index contributed by atoms with van der Waals surface area (Å²) in [6.45, 7) is 0. The van der Waals surface area contributed by atoms with Crippen LogP contribution in [0.5, 0.6) is 5.75 Å². The molecule has 2 aromatic carbocycles. The molecule has 0 aliphatic heterocycles. The van der Waals surface area contributed by atoms with Gasteiger partial charge in [-0.05, 0) is 24.3 Å². The number of rotatable bonds is 5. The van der Waals surface area contributed by atoms with Crippen molar-refractivity contribution in [1.82, 2.24) is 30.6 Å². The molecule has 4 rings (SSSR count). The van der Waals surface area contributed by atoms with Crippen molar-refractivity contribution in [2.45, 2.75) is 12.8 Å². The number of phenols is 1. The van der Waals surface area contributed by atoms with Crippen LogP contribution < -0.4 is 16.4 Å². The number of benzene rings is 2. The molecule has 0 spiro atoms. The van der Waals surface area contributed by atoms with Crippen molar-refractivity contribution in [3.8, 4) is 11.4 Å². The number of hydrogen-bond acceptors (Lipinski definition) is 6. The second kappa shape index (κ2) is 8.49. The Kier molecular flexibility index (Phi) is 5.43. The first-order chi connectivity index (χ1) is 15.0. The molecule has 2 amide bonds. The second-order valence-corrected chi connectivity index (χ2v) is 6.66. The minimum absolute atomic E-state index is 0.0328. The molecule has 31 heavy (non-hydrogen) atoms. The molecule has 0 aliphatic rings. The maximum absolute atomic E-state index is 12.4. The lowest BCUT2D eigenvalue weighted by Crippen LogP contribution is -2.41. The van der Waals surface area contributed by atoms with Gasteiger partial charge in [-0.2, -0.15) is 5.10 Å². The minimum Gasteiger partial charge on any atom is -0.507 e. The van der Waals surface area contributed by atoms with Gasteiger partial charge in [0.2, 0.25) is 5.91 Å². The highest BCUT2D eigenvalue weighted by atomic mass is 16.3. The summed E-state index contributed by atoms with van der Waals surface area (Å²) in [7, 11) is 0. The largest absolute Gasteiger partial charge is 0.507 e. The predicted molar refractivity (Wildman–Crippen MR) is 112 cm³/mol. The monoisotopic (exact) mass is 418 g/mol. The number of aromatic amines is 1. The van der Waals surface area contributed by atoms with E-state index < -0.39 is 11.8 Å². The van der Waals surface area contributed by atoms with Crippen LogP contribution >= 0.6 is 0 Å². The first-order valence-corrected chi connectivity index (χ1v) is 9.42. The topological polar surface area (TPSA) is 142 Å². The Labute approximate surface area is 175 Å². The first kappa shape index (κ1) is 19.8. The van der Waals surface area contributed by atoms with E-state index in [9.17, 15) is 19.5 Å². The fraction of sp³-hybridized carbons (Fsp3) is 0.0952. The van der Waals surface area contributed by atoms with E-state index in [0.29, 0.717) is 16.9 Å². The number of hydrogen-bond donors (Lipinski definition) is 4. The fourth-order valence-electron chi connectivity index (χ4n) is 2.99. The van der Waals surface area contributed by atoms with Crippen molar-refractivity contribution in [3.05, 3.63) is 82.5 Å². The third kappa shape index (κ3) is 4.27.